The van der Waals surface area contributed by atoms with Crippen molar-refractivity contribution in [2.75, 3.05) is 12.0 Å². The summed E-state index contributed by atoms with van der Waals surface area (Å²) in [6.07, 6.45) is 22.9. The lowest BCUT2D eigenvalue weighted by Crippen LogP contribution is -2.24. The largest absolute Gasteiger partial charge is 0.298 e. The number of carbonyl (C=O) groups excluding carboxylic acids is 1. The van der Waals surface area contributed by atoms with Gasteiger partial charge in [0, 0.05) is 11.7 Å². The van der Waals surface area contributed by atoms with E-state index in [1.54, 1.807) is 0 Å². The number of ketones is 1. The molecule has 27 heavy (non-hydrogen) atoms. The van der Waals surface area contributed by atoms with E-state index in [0.29, 0.717) is 0 Å². The molecule has 4 heteroatoms. The number of rotatable bonds is 17. The molecule has 2 rings (SSSR count). The molecule has 0 aromatic rings. The van der Waals surface area contributed by atoms with Crippen LogP contribution in [-0.2, 0) is 14.6 Å². The van der Waals surface area contributed by atoms with Gasteiger partial charge in [-0.3, -0.25) is 4.79 Å². The van der Waals surface area contributed by atoms with Crippen molar-refractivity contribution in [3.05, 3.63) is 0 Å². The molecule has 2 aliphatic carbocycles. The molecule has 0 amide bonds. The van der Waals surface area contributed by atoms with Gasteiger partial charge in [0.1, 0.15) is 5.75 Å². The molecule has 2 saturated carbocycles. The minimum Gasteiger partial charge on any atom is -0.298 e. The van der Waals surface area contributed by atoms with Crippen molar-refractivity contribution in [2.24, 2.45) is 10.8 Å². The van der Waals surface area contributed by atoms with Crippen molar-refractivity contribution in [3.63, 3.8) is 0 Å². The fourth-order valence-electron chi connectivity index (χ4n) is 4.55. The van der Waals surface area contributed by atoms with Gasteiger partial charge < -0.3 is 0 Å². The zero-order chi connectivity index (χ0) is 19.8. The molecular formula is C23H42O3S. The Morgan fingerprint density at radius 1 is 0.741 bits per heavy atom. The first kappa shape index (κ1) is 22.9. The molecule has 0 radical (unpaired) electrons. The number of sulfone groups is 1. The first-order valence-corrected chi connectivity index (χ1v) is 13.6. The second-order valence-corrected chi connectivity index (χ2v) is 11.8. The molecule has 158 valence electrons. The quantitative estimate of drug-likeness (QED) is 0.272. The highest BCUT2D eigenvalue weighted by Gasteiger charge is 2.48. The van der Waals surface area contributed by atoms with Crippen molar-refractivity contribution in [3.8, 4) is 0 Å². The van der Waals surface area contributed by atoms with Gasteiger partial charge in [0.2, 0.25) is 0 Å². The molecule has 2 fully saturated rings. The summed E-state index contributed by atoms with van der Waals surface area (Å²) >= 11 is 0. The van der Waals surface area contributed by atoms with E-state index in [0.717, 1.165) is 37.4 Å². The number of hydrogen-bond donors (Lipinski definition) is 0. The van der Waals surface area contributed by atoms with Gasteiger partial charge in [-0.25, -0.2) is 8.42 Å². The van der Waals surface area contributed by atoms with E-state index in [1.165, 1.54) is 83.5 Å². The summed E-state index contributed by atoms with van der Waals surface area (Å²) < 4.78 is 22.6. The highest BCUT2D eigenvalue weighted by atomic mass is 32.2. The summed E-state index contributed by atoms with van der Waals surface area (Å²) in [4.78, 5) is 12.2. The zero-order valence-electron chi connectivity index (χ0n) is 17.9. The predicted molar refractivity (Wildman–Crippen MR) is 114 cm³/mol. The van der Waals surface area contributed by atoms with E-state index in [9.17, 15) is 13.2 Å². The number of hydrogen-bond acceptors (Lipinski definition) is 3. The maximum atomic E-state index is 12.2. The summed E-state index contributed by atoms with van der Waals surface area (Å²) in [6, 6.07) is 0. The third-order valence-electron chi connectivity index (χ3n) is 7.16. The Bertz CT molecular complexity index is 556. The summed E-state index contributed by atoms with van der Waals surface area (Å²) in [5, 5.41) is 0. The van der Waals surface area contributed by atoms with Crippen molar-refractivity contribution >= 4 is 15.6 Å². The van der Waals surface area contributed by atoms with E-state index in [4.69, 9.17) is 0 Å². The van der Waals surface area contributed by atoms with Crippen LogP contribution >= 0.6 is 0 Å². The second-order valence-electron chi connectivity index (χ2n) is 9.66. The Kier molecular flexibility index (Phi) is 8.83. The molecule has 0 aromatic carbocycles. The Morgan fingerprint density at radius 2 is 1.19 bits per heavy atom. The van der Waals surface area contributed by atoms with Crippen LogP contribution in [0.5, 0.6) is 0 Å². The molecule has 0 spiro atoms. The Labute approximate surface area is 168 Å². The lowest BCUT2D eigenvalue weighted by molar-refractivity contribution is -0.121. The van der Waals surface area contributed by atoms with Gasteiger partial charge in [-0.1, -0.05) is 77.6 Å². The average molecular weight is 399 g/mol. The fourth-order valence-corrected chi connectivity index (χ4v) is 5.33. The van der Waals surface area contributed by atoms with Crippen molar-refractivity contribution in [1.82, 2.24) is 0 Å². The smallest absolute Gasteiger partial charge is 0.154 e. The summed E-state index contributed by atoms with van der Waals surface area (Å²) in [7, 11) is -3.18. The number of Topliss-reactive ketones (excluding diaryl/α,β-unsaturated/α-hetero) is 1. The van der Waals surface area contributed by atoms with Gasteiger partial charge in [-0.15, -0.1) is 0 Å². The molecule has 0 N–H and O–H groups in total. The highest BCUT2D eigenvalue weighted by molar-refractivity contribution is 7.91. The van der Waals surface area contributed by atoms with Crippen LogP contribution in [0.4, 0.5) is 0 Å². The third-order valence-corrected chi connectivity index (χ3v) is 7.94. The van der Waals surface area contributed by atoms with Gasteiger partial charge >= 0.3 is 0 Å². The van der Waals surface area contributed by atoms with E-state index in [-0.39, 0.29) is 17.0 Å². The van der Waals surface area contributed by atoms with Crippen LogP contribution in [-0.4, -0.2) is 26.2 Å². The zero-order valence-corrected chi connectivity index (χ0v) is 18.7. The molecule has 0 unspecified atom stereocenters. The first-order valence-electron chi connectivity index (χ1n) is 11.5. The van der Waals surface area contributed by atoms with E-state index in [2.05, 4.69) is 6.92 Å². The molecule has 0 bridgehead atoms. The minimum absolute atomic E-state index is 0.0310. The molecule has 3 nitrogen and oxygen atoms in total. The van der Waals surface area contributed by atoms with Crippen LogP contribution in [0.25, 0.3) is 0 Å². The maximum absolute atomic E-state index is 12.2. The lowest BCUT2D eigenvalue weighted by atomic mass is 9.93. The van der Waals surface area contributed by atoms with E-state index >= 15 is 0 Å². The Morgan fingerprint density at radius 3 is 1.56 bits per heavy atom. The normalized spacial score (nSPS) is 19.8. The highest BCUT2D eigenvalue weighted by Crippen LogP contribution is 2.52. The van der Waals surface area contributed by atoms with Crippen LogP contribution in [0, 0.1) is 10.8 Å². The van der Waals surface area contributed by atoms with E-state index in [1.807, 2.05) is 0 Å². The third kappa shape index (κ3) is 8.66. The number of unbranched alkanes of at least 4 members (excludes halogenated alkanes) is 9. The Hall–Kier alpha value is -0.380. The molecule has 0 saturated heterocycles. The van der Waals surface area contributed by atoms with Crippen LogP contribution < -0.4 is 0 Å². The summed E-state index contributed by atoms with van der Waals surface area (Å²) in [6.45, 7) is 2.35. The molecule has 0 heterocycles. The van der Waals surface area contributed by atoms with Crippen molar-refractivity contribution in [1.29, 1.82) is 0 Å². The van der Waals surface area contributed by atoms with Gasteiger partial charge in [0.15, 0.2) is 15.6 Å². The van der Waals surface area contributed by atoms with Crippen LogP contribution in [0.3, 0.4) is 0 Å². The van der Waals surface area contributed by atoms with Gasteiger partial charge in [0.25, 0.3) is 0 Å². The minimum atomic E-state index is -3.18. The van der Waals surface area contributed by atoms with Crippen LogP contribution in [0.1, 0.15) is 116 Å². The monoisotopic (exact) mass is 398 g/mol. The first-order chi connectivity index (χ1) is 12.8. The van der Waals surface area contributed by atoms with Crippen molar-refractivity contribution in [2.45, 2.75) is 116 Å². The van der Waals surface area contributed by atoms with Crippen molar-refractivity contribution < 1.29 is 13.2 Å². The summed E-state index contributed by atoms with van der Waals surface area (Å²) in [5.74, 6) is -0.288. The topological polar surface area (TPSA) is 51.2 Å². The average Bonchev–Trinajstić information content (AvgIpc) is 3.50. The SMILES string of the molecule is CCC1(CCCCCCCCCCCCC2(C(=O)CS(C)(=O)=O)CC2)CC1. The molecule has 2 aliphatic rings. The van der Waals surface area contributed by atoms with Crippen LogP contribution in [0.15, 0.2) is 0 Å². The second kappa shape index (κ2) is 10.4. The van der Waals surface area contributed by atoms with E-state index < -0.39 is 9.84 Å². The van der Waals surface area contributed by atoms with Gasteiger partial charge in [0.05, 0.1) is 0 Å². The molecule has 0 aliphatic heterocycles. The van der Waals surface area contributed by atoms with Gasteiger partial charge in [-0.2, -0.15) is 0 Å². The maximum Gasteiger partial charge on any atom is 0.154 e. The van der Waals surface area contributed by atoms with Gasteiger partial charge in [-0.05, 0) is 43.9 Å². The fraction of sp³-hybridized carbons (Fsp3) is 0.957. The molecule has 0 aromatic heterocycles. The Balaban J connectivity index is 1.37. The van der Waals surface area contributed by atoms with Crippen LogP contribution in [0.2, 0.25) is 0 Å². The molecular weight excluding hydrogens is 356 g/mol. The predicted octanol–water partition coefficient (Wildman–Crippen LogP) is 6.25. The number of carbonyl (C=O) groups is 1. The lowest BCUT2D eigenvalue weighted by Gasteiger charge is -2.13. The standard InChI is InChI=1S/C23H42O3S/c1-3-22(16-17-22)14-12-10-8-6-4-5-7-9-11-13-15-23(18-19-23)21(24)20-27(2,25)26/h3-20H2,1-2H3. The molecule has 0 atom stereocenters. The summed E-state index contributed by atoms with van der Waals surface area (Å²) in [5.41, 5.74) is 0.508.